The van der Waals surface area contributed by atoms with Crippen molar-refractivity contribution in [2.24, 2.45) is 0 Å². The maximum Gasteiger partial charge on any atom is 0.188 e. The molecular weight excluding hydrogens is 188 g/mol. The molecule has 1 rings (SSSR count). The molecule has 1 heterocycles. The molecule has 2 nitrogen and oxygen atoms in total. The van der Waals surface area contributed by atoms with E-state index in [4.69, 9.17) is 0 Å². The Kier molecular flexibility index (Phi) is 4.46. The van der Waals surface area contributed by atoms with E-state index in [1.807, 2.05) is 12.3 Å². The van der Waals surface area contributed by atoms with E-state index < -0.39 is 0 Å². The second-order valence-corrected chi connectivity index (χ2v) is 4.56. The normalized spacial score (nSPS) is 10.2. The average molecular weight is 200 g/mol. The third-order valence-corrected chi connectivity index (χ3v) is 2.73. The average Bonchev–Trinajstić information content (AvgIpc) is 2.06. The molecule has 0 spiro atoms. The van der Waals surface area contributed by atoms with Crippen LogP contribution < -0.4 is 0 Å². The van der Waals surface area contributed by atoms with Gasteiger partial charge in [0.1, 0.15) is 5.03 Å². The molecule has 0 aliphatic carbocycles. The summed E-state index contributed by atoms with van der Waals surface area (Å²) < 4.78 is 0. The summed E-state index contributed by atoms with van der Waals surface area (Å²) >= 11 is 3.43. The van der Waals surface area contributed by atoms with Crippen LogP contribution in [-0.2, 0) is 0 Å². The molecular formula is C8H12N2S2. The standard InChI is InChI=1S/C8H12N2S2/c1-3-11-7-5-6-9-8(10-7)12-4-2/h5-6H,3-4H2,1-2H3. The summed E-state index contributed by atoms with van der Waals surface area (Å²) in [5.41, 5.74) is 0. The highest BCUT2D eigenvalue weighted by Gasteiger charge is 1.97. The highest BCUT2D eigenvalue weighted by Crippen LogP contribution is 2.17. The Morgan fingerprint density at radius 3 is 2.67 bits per heavy atom. The van der Waals surface area contributed by atoms with Crippen molar-refractivity contribution >= 4 is 23.5 Å². The van der Waals surface area contributed by atoms with Crippen molar-refractivity contribution in [2.45, 2.75) is 24.0 Å². The van der Waals surface area contributed by atoms with Gasteiger partial charge in [-0.15, -0.1) is 11.8 Å². The third kappa shape index (κ3) is 3.03. The fourth-order valence-electron chi connectivity index (χ4n) is 0.752. The maximum absolute atomic E-state index is 4.37. The first-order valence-corrected chi connectivity index (χ1v) is 5.92. The van der Waals surface area contributed by atoms with Gasteiger partial charge in [-0.05, 0) is 17.6 Å². The first kappa shape index (κ1) is 9.86. The van der Waals surface area contributed by atoms with E-state index in [1.54, 1.807) is 23.5 Å². The fraction of sp³-hybridized carbons (Fsp3) is 0.500. The molecule has 1 aromatic heterocycles. The van der Waals surface area contributed by atoms with Crippen molar-refractivity contribution in [1.29, 1.82) is 0 Å². The lowest BCUT2D eigenvalue weighted by molar-refractivity contribution is 0.892. The van der Waals surface area contributed by atoms with Gasteiger partial charge in [0.05, 0.1) is 0 Å². The molecule has 0 bridgehead atoms. The van der Waals surface area contributed by atoms with Crippen molar-refractivity contribution < 1.29 is 0 Å². The highest BCUT2D eigenvalue weighted by molar-refractivity contribution is 7.99. The summed E-state index contributed by atoms with van der Waals surface area (Å²) in [6.45, 7) is 4.23. The molecule has 0 radical (unpaired) electrons. The van der Waals surface area contributed by atoms with Crippen LogP contribution in [0.25, 0.3) is 0 Å². The minimum absolute atomic E-state index is 0.885. The van der Waals surface area contributed by atoms with Gasteiger partial charge < -0.3 is 0 Å². The second kappa shape index (κ2) is 5.43. The number of aromatic nitrogens is 2. The number of nitrogens with zero attached hydrogens (tertiary/aromatic N) is 2. The number of rotatable bonds is 4. The monoisotopic (exact) mass is 200 g/mol. The molecule has 0 saturated carbocycles. The van der Waals surface area contributed by atoms with Gasteiger partial charge in [0.2, 0.25) is 0 Å². The molecule has 0 aromatic carbocycles. The SMILES string of the molecule is CCSc1ccnc(SCC)n1. The van der Waals surface area contributed by atoms with E-state index in [0.29, 0.717) is 0 Å². The number of hydrogen-bond donors (Lipinski definition) is 0. The predicted molar refractivity (Wildman–Crippen MR) is 54.8 cm³/mol. The van der Waals surface area contributed by atoms with Crippen LogP contribution in [0.3, 0.4) is 0 Å². The van der Waals surface area contributed by atoms with Gasteiger partial charge in [0.25, 0.3) is 0 Å². The van der Waals surface area contributed by atoms with E-state index >= 15 is 0 Å². The van der Waals surface area contributed by atoms with Crippen LogP contribution in [0.2, 0.25) is 0 Å². The Labute approximate surface area is 81.6 Å². The van der Waals surface area contributed by atoms with Crippen LogP contribution in [-0.4, -0.2) is 21.5 Å². The smallest absolute Gasteiger partial charge is 0.188 e. The second-order valence-electron chi connectivity index (χ2n) is 2.04. The van der Waals surface area contributed by atoms with Gasteiger partial charge in [-0.25, -0.2) is 9.97 Å². The lowest BCUT2D eigenvalue weighted by Crippen LogP contribution is -1.87. The zero-order chi connectivity index (χ0) is 8.81. The number of hydrogen-bond acceptors (Lipinski definition) is 4. The van der Waals surface area contributed by atoms with Crippen LogP contribution in [0.1, 0.15) is 13.8 Å². The highest BCUT2D eigenvalue weighted by atomic mass is 32.2. The van der Waals surface area contributed by atoms with E-state index in [-0.39, 0.29) is 0 Å². The minimum atomic E-state index is 0.885. The molecule has 0 N–H and O–H groups in total. The Bertz CT molecular complexity index is 219. The Morgan fingerprint density at radius 1 is 1.25 bits per heavy atom. The summed E-state index contributed by atoms with van der Waals surface area (Å²) in [5, 5.41) is 1.96. The maximum atomic E-state index is 4.37. The zero-order valence-corrected chi connectivity index (χ0v) is 8.91. The summed E-state index contributed by atoms with van der Waals surface area (Å²) in [6, 6.07) is 1.95. The molecule has 4 heteroatoms. The van der Waals surface area contributed by atoms with Crippen molar-refractivity contribution in [3.8, 4) is 0 Å². The molecule has 0 fully saturated rings. The topological polar surface area (TPSA) is 25.8 Å². The Hall–Kier alpha value is -0.220. The van der Waals surface area contributed by atoms with Gasteiger partial charge >= 0.3 is 0 Å². The summed E-state index contributed by atoms with van der Waals surface area (Å²) in [4.78, 5) is 8.52. The minimum Gasteiger partial charge on any atom is -0.231 e. The van der Waals surface area contributed by atoms with Crippen LogP contribution in [0.5, 0.6) is 0 Å². The van der Waals surface area contributed by atoms with Gasteiger partial charge in [0.15, 0.2) is 5.16 Å². The molecule has 0 aliphatic rings. The molecule has 0 aliphatic heterocycles. The lowest BCUT2D eigenvalue weighted by atomic mass is 10.7. The summed E-state index contributed by atoms with van der Waals surface area (Å²) in [6.07, 6.45) is 1.82. The van der Waals surface area contributed by atoms with Crippen LogP contribution in [0, 0.1) is 0 Å². The van der Waals surface area contributed by atoms with Crippen LogP contribution in [0.4, 0.5) is 0 Å². The molecule has 0 amide bonds. The molecule has 0 saturated heterocycles. The predicted octanol–water partition coefficient (Wildman–Crippen LogP) is 2.70. The van der Waals surface area contributed by atoms with E-state index in [0.717, 1.165) is 21.7 Å². The van der Waals surface area contributed by atoms with Crippen molar-refractivity contribution in [1.82, 2.24) is 9.97 Å². The molecule has 12 heavy (non-hydrogen) atoms. The van der Waals surface area contributed by atoms with Gasteiger partial charge in [0, 0.05) is 6.20 Å². The zero-order valence-electron chi connectivity index (χ0n) is 7.28. The van der Waals surface area contributed by atoms with E-state index in [1.165, 1.54) is 0 Å². The lowest BCUT2D eigenvalue weighted by Gasteiger charge is -1.99. The van der Waals surface area contributed by atoms with E-state index in [2.05, 4.69) is 23.8 Å². The van der Waals surface area contributed by atoms with Gasteiger partial charge in [-0.1, -0.05) is 25.6 Å². The molecule has 1 aromatic rings. The van der Waals surface area contributed by atoms with Gasteiger partial charge in [-0.2, -0.15) is 0 Å². The summed E-state index contributed by atoms with van der Waals surface area (Å²) in [7, 11) is 0. The first-order valence-electron chi connectivity index (χ1n) is 3.95. The van der Waals surface area contributed by atoms with E-state index in [9.17, 15) is 0 Å². The third-order valence-electron chi connectivity index (χ3n) is 1.17. The van der Waals surface area contributed by atoms with Gasteiger partial charge in [-0.3, -0.25) is 0 Å². The first-order chi connectivity index (χ1) is 5.86. The quantitative estimate of drug-likeness (QED) is 0.424. The molecule has 66 valence electrons. The molecule has 0 atom stereocenters. The number of thioether (sulfide) groups is 2. The summed E-state index contributed by atoms with van der Waals surface area (Å²) in [5.74, 6) is 2.09. The fourth-order valence-corrected chi connectivity index (χ4v) is 1.97. The van der Waals surface area contributed by atoms with Crippen molar-refractivity contribution in [2.75, 3.05) is 11.5 Å². The largest absolute Gasteiger partial charge is 0.231 e. The molecule has 0 unspecified atom stereocenters. The van der Waals surface area contributed by atoms with Crippen LogP contribution in [0.15, 0.2) is 22.4 Å². The Morgan fingerprint density at radius 2 is 2.00 bits per heavy atom. The Balaban J connectivity index is 2.67. The van der Waals surface area contributed by atoms with Crippen LogP contribution >= 0.6 is 23.5 Å². The van der Waals surface area contributed by atoms with Crippen molar-refractivity contribution in [3.63, 3.8) is 0 Å². The van der Waals surface area contributed by atoms with Crippen molar-refractivity contribution in [3.05, 3.63) is 12.3 Å².